The second-order valence-electron chi connectivity index (χ2n) is 6.59. The van der Waals surface area contributed by atoms with Crippen LogP contribution in [0.5, 0.6) is 5.75 Å². The Morgan fingerprint density at radius 1 is 1.14 bits per heavy atom. The molecule has 28 heavy (non-hydrogen) atoms. The van der Waals surface area contributed by atoms with Gasteiger partial charge in [0.2, 0.25) is 11.8 Å². The Hall–Kier alpha value is -3.12. The van der Waals surface area contributed by atoms with Crippen LogP contribution in [0.25, 0.3) is 11.1 Å². The number of carbonyl (C=O) groups is 2. The number of carbonyl (C=O) groups excluding carboxylic acids is 2. The number of imidazole rings is 1. The first kappa shape index (κ1) is 18.3. The number of hydrogen-bond acceptors (Lipinski definition) is 4. The maximum absolute atomic E-state index is 12.2. The minimum absolute atomic E-state index is 0.237. The number of rotatable bonds is 5. The van der Waals surface area contributed by atoms with E-state index in [9.17, 15) is 9.59 Å². The number of halogens is 1. The topological polar surface area (TPSA) is 84.1 Å². The fourth-order valence-corrected chi connectivity index (χ4v) is 3.66. The van der Waals surface area contributed by atoms with Crippen LogP contribution in [0.3, 0.4) is 0 Å². The molecule has 0 spiro atoms. The van der Waals surface area contributed by atoms with Crippen molar-refractivity contribution in [3.63, 3.8) is 0 Å². The molecule has 2 N–H and O–H groups in total. The van der Waals surface area contributed by atoms with Gasteiger partial charge in [-0.15, -0.1) is 0 Å². The molecule has 0 bridgehead atoms. The molecule has 1 fully saturated rings. The number of hydrogen-bond donors (Lipinski definition) is 2. The molecule has 2 amide bonds. The lowest BCUT2D eigenvalue weighted by molar-refractivity contribution is -0.134. The Kier molecular flexibility index (Phi) is 5.12. The van der Waals surface area contributed by atoms with Crippen molar-refractivity contribution in [2.24, 2.45) is 0 Å². The summed E-state index contributed by atoms with van der Waals surface area (Å²) in [6, 6.07) is 13.2. The molecule has 0 aliphatic carbocycles. The Bertz CT molecular complexity index is 1000. The summed E-state index contributed by atoms with van der Waals surface area (Å²) >= 11 is 6.64. The van der Waals surface area contributed by atoms with Crippen molar-refractivity contribution in [3.05, 3.63) is 71.3 Å². The van der Waals surface area contributed by atoms with E-state index in [1.54, 1.807) is 12.5 Å². The van der Waals surface area contributed by atoms with Gasteiger partial charge in [0.05, 0.1) is 23.0 Å². The van der Waals surface area contributed by atoms with Crippen molar-refractivity contribution in [3.8, 4) is 16.9 Å². The first-order chi connectivity index (χ1) is 13.6. The molecule has 2 heterocycles. The van der Waals surface area contributed by atoms with E-state index in [0.717, 1.165) is 28.1 Å². The van der Waals surface area contributed by atoms with Gasteiger partial charge in [-0.2, -0.15) is 0 Å². The van der Waals surface area contributed by atoms with Crippen molar-refractivity contribution in [1.29, 1.82) is 0 Å². The summed E-state index contributed by atoms with van der Waals surface area (Å²) in [6.07, 6.45) is 4.18. The predicted molar refractivity (Wildman–Crippen MR) is 105 cm³/mol. The summed E-state index contributed by atoms with van der Waals surface area (Å²) in [5.74, 6) is -0.220. The van der Waals surface area contributed by atoms with Crippen molar-refractivity contribution >= 4 is 23.4 Å². The Labute approximate surface area is 166 Å². The van der Waals surface area contributed by atoms with Crippen LogP contribution in [0.4, 0.5) is 0 Å². The van der Waals surface area contributed by atoms with Crippen LogP contribution in [0, 0.1) is 0 Å². The van der Waals surface area contributed by atoms with Crippen LogP contribution in [-0.2, 0) is 16.2 Å². The molecule has 2 aromatic carbocycles. The first-order valence-electron chi connectivity index (χ1n) is 8.95. The number of piperidine rings is 1. The van der Waals surface area contributed by atoms with Crippen LogP contribution in [0.2, 0.25) is 5.02 Å². The zero-order chi connectivity index (χ0) is 19.5. The molecule has 1 unspecified atom stereocenters. The zero-order valence-corrected chi connectivity index (χ0v) is 15.7. The summed E-state index contributed by atoms with van der Waals surface area (Å²) in [4.78, 5) is 30.6. The van der Waals surface area contributed by atoms with E-state index in [1.807, 2.05) is 42.5 Å². The van der Waals surface area contributed by atoms with Crippen LogP contribution < -0.4 is 10.1 Å². The predicted octanol–water partition coefficient (Wildman–Crippen LogP) is 3.83. The van der Waals surface area contributed by atoms with Crippen molar-refractivity contribution < 1.29 is 14.3 Å². The number of nitrogens with one attached hydrogen (secondary N) is 2. The van der Waals surface area contributed by atoms with Crippen LogP contribution in [-0.4, -0.2) is 21.8 Å². The van der Waals surface area contributed by atoms with Crippen molar-refractivity contribution in [2.75, 3.05) is 0 Å². The van der Waals surface area contributed by atoms with Gasteiger partial charge in [0.15, 0.2) is 0 Å². The van der Waals surface area contributed by atoms with Crippen LogP contribution in [0.15, 0.2) is 55.0 Å². The smallest absolute Gasteiger partial charge is 0.234 e. The van der Waals surface area contributed by atoms with Gasteiger partial charge >= 0.3 is 0 Å². The number of amides is 2. The lowest BCUT2D eigenvalue weighted by atomic mass is 9.88. The van der Waals surface area contributed by atoms with E-state index >= 15 is 0 Å². The number of H-pyrrole nitrogens is 1. The average molecular weight is 396 g/mol. The number of nitrogens with zero attached hydrogens (tertiary/aromatic N) is 1. The van der Waals surface area contributed by atoms with Crippen LogP contribution in [0.1, 0.15) is 30.0 Å². The summed E-state index contributed by atoms with van der Waals surface area (Å²) in [7, 11) is 0. The third kappa shape index (κ3) is 3.77. The van der Waals surface area contributed by atoms with Gasteiger partial charge < -0.3 is 9.72 Å². The number of benzene rings is 2. The SMILES string of the molecule is O=C1CCC(c2cccc(-c3ccc(OCc4c[nH]cn4)cc3)c2Cl)C(=O)N1. The zero-order valence-electron chi connectivity index (χ0n) is 14.9. The standard InChI is InChI=1S/C21H18ClN3O3/c22-20-16(2-1-3-17(20)18-8-9-19(26)25-21(18)27)13-4-6-15(7-5-13)28-11-14-10-23-12-24-14/h1-7,10,12,18H,8-9,11H2,(H,23,24)(H,25,26,27). The molecule has 1 saturated heterocycles. The van der Waals surface area contributed by atoms with Gasteiger partial charge in [-0.05, 0) is 29.7 Å². The van der Waals surface area contributed by atoms with Gasteiger partial charge in [-0.1, -0.05) is 41.9 Å². The minimum Gasteiger partial charge on any atom is -0.487 e. The summed E-state index contributed by atoms with van der Waals surface area (Å²) < 4.78 is 5.71. The number of aromatic nitrogens is 2. The molecule has 1 atom stereocenters. The quantitative estimate of drug-likeness (QED) is 0.643. The van der Waals surface area contributed by atoms with Gasteiger partial charge in [-0.25, -0.2) is 4.98 Å². The molecule has 0 radical (unpaired) electrons. The highest BCUT2D eigenvalue weighted by atomic mass is 35.5. The molecule has 1 aliphatic heterocycles. The maximum Gasteiger partial charge on any atom is 0.234 e. The fourth-order valence-electron chi connectivity index (χ4n) is 3.29. The summed E-state index contributed by atoms with van der Waals surface area (Å²) in [5, 5.41) is 2.92. The second-order valence-corrected chi connectivity index (χ2v) is 6.96. The van der Waals surface area contributed by atoms with Gasteiger partial charge in [0.1, 0.15) is 12.4 Å². The molecule has 4 rings (SSSR count). The fraction of sp³-hybridized carbons (Fsp3) is 0.190. The molecular weight excluding hydrogens is 378 g/mol. The van der Waals surface area contributed by atoms with E-state index in [0.29, 0.717) is 24.5 Å². The normalized spacial score (nSPS) is 16.7. The molecule has 1 aromatic heterocycles. The first-order valence-corrected chi connectivity index (χ1v) is 9.32. The second kappa shape index (κ2) is 7.86. The van der Waals surface area contributed by atoms with E-state index < -0.39 is 5.92 Å². The third-order valence-electron chi connectivity index (χ3n) is 4.75. The lowest BCUT2D eigenvalue weighted by Crippen LogP contribution is -2.39. The van der Waals surface area contributed by atoms with Crippen LogP contribution >= 0.6 is 11.6 Å². The summed E-state index contributed by atoms with van der Waals surface area (Å²) in [5.41, 5.74) is 3.32. The summed E-state index contributed by atoms with van der Waals surface area (Å²) in [6.45, 7) is 0.384. The maximum atomic E-state index is 12.2. The molecule has 6 nitrogen and oxygen atoms in total. The van der Waals surface area contributed by atoms with E-state index in [-0.39, 0.29) is 11.8 Å². The van der Waals surface area contributed by atoms with Gasteiger partial charge in [0, 0.05) is 18.2 Å². The van der Waals surface area contributed by atoms with Gasteiger partial charge in [0.25, 0.3) is 0 Å². The highest BCUT2D eigenvalue weighted by Crippen LogP contribution is 2.37. The minimum atomic E-state index is -0.415. The highest BCUT2D eigenvalue weighted by Gasteiger charge is 2.30. The number of aromatic amines is 1. The average Bonchev–Trinajstić information content (AvgIpc) is 3.21. The molecule has 0 saturated carbocycles. The molecule has 1 aliphatic rings. The molecular formula is C21H18ClN3O3. The lowest BCUT2D eigenvalue weighted by Gasteiger charge is -2.23. The van der Waals surface area contributed by atoms with E-state index in [4.69, 9.17) is 16.3 Å². The van der Waals surface area contributed by atoms with Crippen molar-refractivity contribution in [1.82, 2.24) is 15.3 Å². The third-order valence-corrected chi connectivity index (χ3v) is 5.17. The van der Waals surface area contributed by atoms with Crippen molar-refractivity contribution in [2.45, 2.75) is 25.4 Å². The molecule has 3 aromatic rings. The Balaban J connectivity index is 1.54. The monoisotopic (exact) mass is 395 g/mol. The molecule has 7 heteroatoms. The largest absolute Gasteiger partial charge is 0.487 e. The Morgan fingerprint density at radius 3 is 2.68 bits per heavy atom. The van der Waals surface area contributed by atoms with Gasteiger partial charge in [-0.3, -0.25) is 14.9 Å². The van der Waals surface area contributed by atoms with E-state index in [1.165, 1.54) is 0 Å². The molecule has 142 valence electrons. The highest BCUT2D eigenvalue weighted by molar-refractivity contribution is 6.34. The number of imide groups is 1. The van der Waals surface area contributed by atoms with E-state index in [2.05, 4.69) is 15.3 Å². The number of ether oxygens (including phenoxy) is 1. The Morgan fingerprint density at radius 2 is 1.96 bits per heavy atom.